The van der Waals surface area contributed by atoms with E-state index in [0.29, 0.717) is 53.3 Å². The van der Waals surface area contributed by atoms with E-state index < -0.39 is 23.8 Å². The van der Waals surface area contributed by atoms with Gasteiger partial charge in [-0.05, 0) is 20.8 Å². The number of methoxy groups -OCH3 is 1. The van der Waals surface area contributed by atoms with Gasteiger partial charge in [0.05, 0.1) is 36.9 Å². The number of carbonyl (C=O) groups excluding carboxylic acids is 3. The molecular weight excluding hydrogens is 572 g/mol. The monoisotopic (exact) mass is 602 g/mol. The van der Waals surface area contributed by atoms with Crippen molar-refractivity contribution in [2.75, 3.05) is 50.2 Å². The Kier molecular flexibility index (Phi) is 8.27. The van der Waals surface area contributed by atoms with Gasteiger partial charge in [0.15, 0.2) is 5.82 Å². The van der Waals surface area contributed by atoms with Gasteiger partial charge in [-0.2, -0.15) is 0 Å². The van der Waals surface area contributed by atoms with Gasteiger partial charge in [-0.25, -0.2) is 19.3 Å². The van der Waals surface area contributed by atoms with Gasteiger partial charge in [-0.1, -0.05) is 11.6 Å². The third kappa shape index (κ3) is 6.29. The van der Waals surface area contributed by atoms with Gasteiger partial charge in [-0.15, -0.1) is 5.10 Å². The van der Waals surface area contributed by atoms with Gasteiger partial charge < -0.3 is 29.0 Å². The van der Waals surface area contributed by atoms with Crippen LogP contribution in [0.3, 0.4) is 0 Å². The number of hydrogen-bond acceptors (Lipinski definition) is 11. The van der Waals surface area contributed by atoms with Crippen LogP contribution in [-0.2, 0) is 19.0 Å². The number of nitrogens with one attached hydrogen (secondary N) is 2. The Morgan fingerprint density at radius 3 is 2.69 bits per heavy atom. The van der Waals surface area contributed by atoms with Crippen molar-refractivity contribution in [3.63, 3.8) is 0 Å². The Morgan fingerprint density at radius 1 is 1.17 bits per heavy atom. The Labute approximate surface area is 246 Å². The molecule has 1 aromatic carbocycles. The highest BCUT2D eigenvalue weighted by Crippen LogP contribution is 2.41. The maximum atomic E-state index is 12.9. The van der Waals surface area contributed by atoms with Crippen LogP contribution in [-0.4, -0.2) is 84.6 Å². The molecule has 1 unspecified atom stereocenters. The molecule has 42 heavy (non-hydrogen) atoms. The molecule has 1 saturated heterocycles. The number of pyridine rings is 1. The van der Waals surface area contributed by atoms with Crippen LogP contribution in [0.1, 0.15) is 27.2 Å². The minimum absolute atomic E-state index is 0.0163. The minimum atomic E-state index is -0.749. The second-order valence-corrected chi connectivity index (χ2v) is 10.9. The number of carbonyl (C=O) groups is 3. The van der Waals surface area contributed by atoms with E-state index in [1.165, 1.54) is 22.9 Å². The highest BCUT2D eigenvalue weighted by Gasteiger charge is 2.31. The average molecular weight is 603 g/mol. The largest absolute Gasteiger partial charge is 0.494 e. The van der Waals surface area contributed by atoms with Crippen LogP contribution < -0.4 is 25.0 Å². The average Bonchev–Trinajstić information content (AvgIpc) is 3.51. The van der Waals surface area contributed by atoms with Crippen molar-refractivity contribution in [3.8, 4) is 17.2 Å². The van der Waals surface area contributed by atoms with Gasteiger partial charge in [0.1, 0.15) is 47.2 Å². The molecule has 2 N–H and O–H groups in total. The van der Waals surface area contributed by atoms with Crippen molar-refractivity contribution in [1.82, 2.24) is 20.1 Å². The van der Waals surface area contributed by atoms with E-state index in [4.69, 9.17) is 35.3 Å². The molecule has 2 aliphatic heterocycles. The SMILES string of the molecule is COc1cc2c(cc1-n1nc(NC(=O)OCCNC3CCOC3=O)c3cnc(Cl)cc31)OCCN2C(=O)OC(C)(C)C. The first-order valence-corrected chi connectivity index (χ1v) is 13.7. The third-order valence-electron chi connectivity index (χ3n) is 6.38. The topological polar surface area (TPSA) is 155 Å². The standard InChI is InChI=1S/C27H31ClN6O8/c1-27(2,3)42-26(37)33-7-10-39-21-12-19(20(38-4)11-18(21)33)34-17-13-22(28)30-14-15(17)23(32-34)31-25(36)41-9-6-29-16-5-8-40-24(16)35/h11-14,16,29H,5-10H2,1-4H3,(H,31,32,36). The lowest BCUT2D eigenvalue weighted by Crippen LogP contribution is -2.41. The maximum absolute atomic E-state index is 12.9. The van der Waals surface area contributed by atoms with Crippen LogP contribution >= 0.6 is 11.6 Å². The van der Waals surface area contributed by atoms with E-state index in [-0.39, 0.29) is 36.7 Å². The second kappa shape index (κ2) is 11.9. The van der Waals surface area contributed by atoms with E-state index in [1.54, 1.807) is 39.0 Å². The summed E-state index contributed by atoms with van der Waals surface area (Å²) >= 11 is 6.22. The lowest BCUT2D eigenvalue weighted by atomic mass is 10.2. The molecule has 1 atom stereocenters. The van der Waals surface area contributed by atoms with Crippen LogP contribution in [0.15, 0.2) is 24.4 Å². The van der Waals surface area contributed by atoms with E-state index in [2.05, 4.69) is 20.7 Å². The molecule has 14 nitrogen and oxygen atoms in total. The number of nitrogens with zero attached hydrogens (tertiary/aromatic N) is 4. The molecule has 224 valence electrons. The van der Waals surface area contributed by atoms with Crippen molar-refractivity contribution in [2.45, 2.75) is 38.8 Å². The van der Waals surface area contributed by atoms with Crippen molar-refractivity contribution >= 4 is 52.2 Å². The third-order valence-corrected chi connectivity index (χ3v) is 6.59. The van der Waals surface area contributed by atoms with Crippen LogP contribution in [0.25, 0.3) is 16.6 Å². The van der Waals surface area contributed by atoms with Gasteiger partial charge in [0.25, 0.3) is 0 Å². The van der Waals surface area contributed by atoms with E-state index in [0.717, 1.165) is 0 Å². The van der Waals surface area contributed by atoms with E-state index in [9.17, 15) is 14.4 Å². The Balaban J connectivity index is 1.40. The summed E-state index contributed by atoms with van der Waals surface area (Å²) in [6, 6.07) is 4.54. The number of fused-ring (bicyclic) bond motifs is 2. The first kappa shape index (κ1) is 29.2. The summed E-state index contributed by atoms with van der Waals surface area (Å²) in [5, 5.41) is 10.9. The second-order valence-electron chi connectivity index (χ2n) is 10.5. The number of ether oxygens (including phenoxy) is 5. The van der Waals surface area contributed by atoms with Crippen molar-refractivity contribution < 1.29 is 38.1 Å². The molecule has 0 aliphatic carbocycles. The number of cyclic esters (lactones) is 1. The van der Waals surface area contributed by atoms with E-state index >= 15 is 0 Å². The van der Waals surface area contributed by atoms with Crippen molar-refractivity contribution in [1.29, 1.82) is 0 Å². The number of aromatic nitrogens is 3. The molecule has 0 saturated carbocycles. The molecule has 3 aromatic rings. The fraction of sp³-hybridized carbons (Fsp3) is 0.444. The zero-order valence-electron chi connectivity index (χ0n) is 23.6. The zero-order valence-corrected chi connectivity index (χ0v) is 24.3. The number of anilines is 2. The number of benzene rings is 1. The molecule has 2 aliphatic rings. The number of rotatable bonds is 7. The summed E-state index contributed by atoms with van der Waals surface area (Å²) in [5.41, 5.74) is 0.786. The highest BCUT2D eigenvalue weighted by atomic mass is 35.5. The van der Waals surface area contributed by atoms with Crippen molar-refractivity contribution in [3.05, 3.63) is 29.5 Å². The lowest BCUT2D eigenvalue weighted by Gasteiger charge is -2.32. The first-order chi connectivity index (χ1) is 20.0. The van der Waals surface area contributed by atoms with Crippen LogP contribution in [0, 0.1) is 0 Å². The summed E-state index contributed by atoms with van der Waals surface area (Å²) < 4.78 is 28.8. The molecule has 15 heteroatoms. The smallest absolute Gasteiger partial charge is 0.415 e. The molecule has 5 rings (SSSR count). The minimum Gasteiger partial charge on any atom is -0.494 e. The van der Waals surface area contributed by atoms with Gasteiger partial charge in [0.2, 0.25) is 0 Å². The quantitative estimate of drug-likeness (QED) is 0.176. The molecule has 1 fully saturated rings. The maximum Gasteiger partial charge on any atom is 0.415 e. The van der Waals surface area contributed by atoms with Gasteiger partial charge >= 0.3 is 18.2 Å². The predicted molar refractivity (Wildman–Crippen MR) is 152 cm³/mol. The lowest BCUT2D eigenvalue weighted by molar-refractivity contribution is -0.139. The molecular formula is C27H31ClN6O8. The normalized spacial score (nSPS) is 16.5. The predicted octanol–water partition coefficient (Wildman–Crippen LogP) is 3.67. The summed E-state index contributed by atoms with van der Waals surface area (Å²) in [6.07, 6.45) is 0.796. The van der Waals surface area contributed by atoms with E-state index in [1.807, 2.05) is 0 Å². The van der Waals surface area contributed by atoms with Gasteiger partial charge in [-0.3, -0.25) is 15.0 Å². The molecule has 4 heterocycles. The molecule has 0 spiro atoms. The molecule has 2 amide bonds. The highest BCUT2D eigenvalue weighted by molar-refractivity contribution is 6.30. The Bertz CT molecular complexity index is 1520. The Hall–Kier alpha value is -4.30. The fourth-order valence-electron chi connectivity index (χ4n) is 4.52. The summed E-state index contributed by atoms with van der Waals surface area (Å²) in [6.45, 7) is 6.60. The number of amides is 2. The number of esters is 1. The molecule has 0 bridgehead atoms. The molecule has 2 aromatic heterocycles. The summed E-state index contributed by atoms with van der Waals surface area (Å²) in [7, 11) is 1.49. The molecule has 0 radical (unpaired) electrons. The van der Waals surface area contributed by atoms with Crippen LogP contribution in [0.4, 0.5) is 21.1 Å². The number of hydrogen-bond donors (Lipinski definition) is 2. The van der Waals surface area contributed by atoms with Gasteiger partial charge in [0, 0.05) is 37.4 Å². The van der Waals surface area contributed by atoms with Crippen LogP contribution in [0.2, 0.25) is 5.15 Å². The Morgan fingerprint density at radius 2 is 1.98 bits per heavy atom. The van der Waals surface area contributed by atoms with Crippen molar-refractivity contribution in [2.24, 2.45) is 0 Å². The fourth-order valence-corrected chi connectivity index (χ4v) is 4.67. The number of halogens is 1. The summed E-state index contributed by atoms with van der Waals surface area (Å²) in [4.78, 5) is 42.7. The van der Waals surface area contributed by atoms with Crippen LogP contribution in [0.5, 0.6) is 11.5 Å². The zero-order chi connectivity index (χ0) is 30.0. The summed E-state index contributed by atoms with van der Waals surface area (Å²) in [5.74, 6) is 0.640. The first-order valence-electron chi connectivity index (χ1n) is 13.3.